The van der Waals surface area contributed by atoms with Gasteiger partial charge in [-0.3, -0.25) is 0 Å². The second-order valence-electron chi connectivity index (χ2n) is 4.32. The predicted molar refractivity (Wildman–Crippen MR) is 65.6 cm³/mol. The van der Waals surface area contributed by atoms with Crippen molar-refractivity contribution in [3.63, 3.8) is 0 Å². The van der Waals surface area contributed by atoms with Crippen molar-refractivity contribution in [2.45, 2.75) is 25.6 Å². The number of halogens is 4. The van der Waals surface area contributed by atoms with Crippen molar-refractivity contribution in [1.29, 1.82) is 0 Å². The van der Waals surface area contributed by atoms with E-state index in [1.807, 2.05) is 10.6 Å². The lowest BCUT2D eigenvalue weighted by atomic mass is 10.2. The second-order valence-corrected chi connectivity index (χ2v) is 4.32. The number of rotatable bonds is 4. The number of amides is 2. The standard InChI is InChI=1S/C12H12F4N2O3/c1-6(5-12(14,15)16)17-11(21)18-9-4-7(10(19)20)2-3-8(9)13/h2-4,6H,5H2,1H3,(H,19,20)(H2,17,18,21). The minimum atomic E-state index is -4.44. The van der Waals surface area contributed by atoms with Crippen molar-refractivity contribution in [2.24, 2.45) is 0 Å². The van der Waals surface area contributed by atoms with Crippen molar-refractivity contribution in [1.82, 2.24) is 5.32 Å². The van der Waals surface area contributed by atoms with E-state index >= 15 is 0 Å². The van der Waals surface area contributed by atoms with Crippen LogP contribution in [-0.4, -0.2) is 29.3 Å². The van der Waals surface area contributed by atoms with Gasteiger partial charge in [0.1, 0.15) is 5.82 Å². The lowest BCUT2D eigenvalue weighted by Gasteiger charge is -2.16. The van der Waals surface area contributed by atoms with E-state index in [0.717, 1.165) is 25.1 Å². The Balaban J connectivity index is 2.71. The first-order valence-corrected chi connectivity index (χ1v) is 5.75. The number of carbonyl (C=O) groups excluding carboxylic acids is 1. The maximum Gasteiger partial charge on any atom is 0.391 e. The first kappa shape index (κ1) is 16.7. The molecule has 1 aromatic carbocycles. The van der Waals surface area contributed by atoms with Gasteiger partial charge in [-0.15, -0.1) is 0 Å². The van der Waals surface area contributed by atoms with Gasteiger partial charge in [-0.05, 0) is 25.1 Å². The molecule has 0 bridgehead atoms. The Morgan fingerprint density at radius 1 is 1.33 bits per heavy atom. The van der Waals surface area contributed by atoms with Crippen LogP contribution in [0.1, 0.15) is 23.7 Å². The molecule has 0 heterocycles. The molecule has 1 atom stereocenters. The Morgan fingerprint density at radius 3 is 2.48 bits per heavy atom. The van der Waals surface area contributed by atoms with Crippen LogP contribution in [0.2, 0.25) is 0 Å². The highest BCUT2D eigenvalue weighted by molar-refractivity contribution is 5.93. The molecule has 0 aliphatic rings. The third-order valence-corrected chi connectivity index (χ3v) is 2.38. The van der Waals surface area contributed by atoms with Gasteiger partial charge in [0, 0.05) is 6.04 Å². The topological polar surface area (TPSA) is 78.4 Å². The van der Waals surface area contributed by atoms with Gasteiger partial charge in [0.25, 0.3) is 0 Å². The van der Waals surface area contributed by atoms with Crippen LogP contribution < -0.4 is 10.6 Å². The van der Waals surface area contributed by atoms with Gasteiger partial charge < -0.3 is 15.7 Å². The lowest BCUT2D eigenvalue weighted by molar-refractivity contribution is -0.138. The van der Waals surface area contributed by atoms with E-state index in [0.29, 0.717) is 0 Å². The highest BCUT2D eigenvalue weighted by Gasteiger charge is 2.30. The van der Waals surface area contributed by atoms with Crippen LogP contribution in [0, 0.1) is 5.82 Å². The Labute approximate surface area is 117 Å². The SMILES string of the molecule is CC(CC(F)(F)F)NC(=O)Nc1cc(C(=O)O)ccc1F. The molecule has 116 valence electrons. The van der Waals surface area contributed by atoms with Crippen molar-refractivity contribution < 1.29 is 32.3 Å². The number of hydrogen-bond donors (Lipinski definition) is 3. The Bertz CT molecular complexity index is 546. The molecule has 0 radical (unpaired) electrons. The van der Waals surface area contributed by atoms with Crippen LogP contribution in [0.25, 0.3) is 0 Å². The normalized spacial score (nSPS) is 12.6. The zero-order valence-corrected chi connectivity index (χ0v) is 10.8. The number of carboxylic acid groups (broad SMARTS) is 1. The summed E-state index contributed by atoms with van der Waals surface area (Å²) in [4.78, 5) is 22.1. The molecule has 0 saturated carbocycles. The highest BCUT2D eigenvalue weighted by Crippen LogP contribution is 2.21. The number of alkyl halides is 3. The minimum absolute atomic E-state index is 0.268. The summed E-state index contributed by atoms with van der Waals surface area (Å²) in [6.07, 6.45) is -5.68. The number of anilines is 1. The van der Waals surface area contributed by atoms with E-state index in [-0.39, 0.29) is 5.56 Å². The Kier molecular flexibility index (Phi) is 5.12. The third kappa shape index (κ3) is 5.67. The molecule has 0 fully saturated rings. The number of urea groups is 1. The third-order valence-electron chi connectivity index (χ3n) is 2.38. The molecule has 0 spiro atoms. The molecular weight excluding hydrogens is 296 g/mol. The summed E-state index contributed by atoms with van der Waals surface area (Å²) < 4.78 is 49.7. The summed E-state index contributed by atoms with van der Waals surface area (Å²) in [6.45, 7) is 1.14. The average Bonchev–Trinajstić information content (AvgIpc) is 2.28. The van der Waals surface area contributed by atoms with Gasteiger partial charge in [-0.2, -0.15) is 13.2 Å². The fraction of sp³-hybridized carbons (Fsp3) is 0.333. The van der Waals surface area contributed by atoms with Crippen molar-refractivity contribution in [2.75, 3.05) is 5.32 Å². The number of aromatic carboxylic acids is 1. The molecule has 0 aromatic heterocycles. The maximum atomic E-state index is 13.4. The molecule has 0 aliphatic carbocycles. The average molecular weight is 308 g/mol. The Morgan fingerprint density at radius 2 is 1.95 bits per heavy atom. The molecule has 1 unspecified atom stereocenters. The molecule has 0 aliphatic heterocycles. The molecule has 3 N–H and O–H groups in total. The molecule has 9 heteroatoms. The molecule has 1 rings (SSSR count). The van der Waals surface area contributed by atoms with E-state index in [2.05, 4.69) is 0 Å². The molecule has 21 heavy (non-hydrogen) atoms. The van der Waals surface area contributed by atoms with Crippen molar-refractivity contribution >= 4 is 17.7 Å². The molecular formula is C12H12F4N2O3. The largest absolute Gasteiger partial charge is 0.478 e. The molecule has 5 nitrogen and oxygen atoms in total. The molecule has 1 aromatic rings. The summed E-state index contributed by atoms with van der Waals surface area (Å²) in [6, 6.07) is 0.417. The van der Waals surface area contributed by atoms with Gasteiger partial charge in [-0.1, -0.05) is 0 Å². The van der Waals surface area contributed by atoms with E-state index in [1.165, 1.54) is 0 Å². The summed E-state index contributed by atoms with van der Waals surface area (Å²) in [5.41, 5.74) is -0.707. The first-order chi connectivity index (χ1) is 9.58. The summed E-state index contributed by atoms with van der Waals surface area (Å²) in [5.74, 6) is -2.23. The number of carboxylic acids is 1. The zero-order valence-electron chi connectivity index (χ0n) is 10.8. The van der Waals surface area contributed by atoms with Gasteiger partial charge in [-0.25, -0.2) is 14.0 Å². The molecule has 2 amide bonds. The van der Waals surface area contributed by atoms with E-state index < -0.39 is 42.1 Å². The fourth-order valence-electron chi connectivity index (χ4n) is 1.53. The minimum Gasteiger partial charge on any atom is -0.478 e. The maximum absolute atomic E-state index is 13.4. The monoisotopic (exact) mass is 308 g/mol. The van der Waals surface area contributed by atoms with Crippen LogP contribution in [-0.2, 0) is 0 Å². The van der Waals surface area contributed by atoms with E-state index in [4.69, 9.17) is 5.11 Å². The second kappa shape index (κ2) is 6.42. The lowest BCUT2D eigenvalue weighted by Crippen LogP contribution is -2.38. The van der Waals surface area contributed by atoms with Gasteiger partial charge in [0.2, 0.25) is 0 Å². The fourth-order valence-corrected chi connectivity index (χ4v) is 1.53. The summed E-state index contributed by atoms with van der Waals surface area (Å²) >= 11 is 0. The molecule has 0 saturated heterocycles. The predicted octanol–water partition coefficient (Wildman–Crippen LogP) is 2.99. The quantitative estimate of drug-likeness (QED) is 0.748. The van der Waals surface area contributed by atoms with Crippen molar-refractivity contribution in [3.05, 3.63) is 29.6 Å². The van der Waals surface area contributed by atoms with Gasteiger partial charge in [0.05, 0.1) is 17.7 Å². The summed E-state index contributed by atoms with van der Waals surface area (Å²) in [7, 11) is 0. The van der Waals surface area contributed by atoms with Crippen LogP contribution in [0.5, 0.6) is 0 Å². The number of hydrogen-bond acceptors (Lipinski definition) is 2. The van der Waals surface area contributed by atoms with Crippen LogP contribution in [0.3, 0.4) is 0 Å². The zero-order chi connectivity index (χ0) is 16.2. The highest BCUT2D eigenvalue weighted by atomic mass is 19.4. The first-order valence-electron chi connectivity index (χ1n) is 5.75. The van der Waals surface area contributed by atoms with Gasteiger partial charge in [0.15, 0.2) is 0 Å². The van der Waals surface area contributed by atoms with Crippen LogP contribution >= 0.6 is 0 Å². The number of carbonyl (C=O) groups is 2. The smallest absolute Gasteiger partial charge is 0.391 e. The van der Waals surface area contributed by atoms with E-state index in [1.54, 1.807) is 0 Å². The Hall–Kier alpha value is -2.32. The van der Waals surface area contributed by atoms with Crippen LogP contribution in [0.4, 0.5) is 28.0 Å². The van der Waals surface area contributed by atoms with E-state index in [9.17, 15) is 27.2 Å². The van der Waals surface area contributed by atoms with Crippen LogP contribution in [0.15, 0.2) is 18.2 Å². The van der Waals surface area contributed by atoms with Gasteiger partial charge >= 0.3 is 18.2 Å². The number of benzene rings is 1. The summed E-state index contributed by atoms with van der Waals surface area (Å²) in [5, 5.41) is 12.7. The van der Waals surface area contributed by atoms with Crippen molar-refractivity contribution in [3.8, 4) is 0 Å². The number of nitrogens with one attached hydrogen (secondary N) is 2.